The largest absolute Gasteiger partial charge is 0.388 e. The summed E-state index contributed by atoms with van der Waals surface area (Å²) in [6.07, 6.45) is -2.42. The van der Waals surface area contributed by atoms with Crippen LogP contribution in [-0.4, -0.2) is 41.7 Å². The van der Waals surface area contributed by atoms with Crippen molar-refractivity contribution in [1.82, 2.24) is 0 Å². The van der Waals surface area contributed by atoms with Crippen LogP contribution in [0.25, 0.3) is 0 Å². The Morgan fingerprint density at radius 1 is 0.750 bits per heavy atom. The van der Waals surface area contributed by atoms with Gasteiger partial charge in [0, 0.05) is 0 Å². The Hall–Kier alpha value is -2.50. The van der Waals surface area contributed by atoms with Gasteiger partial charge in [-0.3, -0.25) is 0 Å². The Bertz CT molecular complexity index is 770. The molecule has 28 heavy (non-hydrogen) atoms. The number of rotatable bonds is 6. The summed E-state index contributed by atoms with van der Waals surface area (Å²) in [6, 6.07) is 30.1. The minimum atomic E-state index is -0.958. The highest BCUT2D eigenvalue weighted by Crippen LogP contribution is 2.40. The minimum Gasteiger partial charge on any atom is -0.388 e. The third-order valence-electron chi connectivity index (χ3n) is 5.26. The lowest BCUT2D eigenvalue weighted by atomic mass is 9.80. The van der Waals surface area contributed by atoms with Crippen molar-refractivity contribution in [3.05, 3.63) is 108 Å². The van der Waals surface area contributed by atoms with Gasteiger partial charge in [-0.25, -0.2) is 0 Å². The normalized spacial score (nSPS) is 22.3. The van der Waals surface area contributed by atoms with E-state index >= 15 is 0 Å². The zero-order valence-corrected chi connectivity index (χ0v) is 15.5. The first kappa shape index (κ1) is 18.8. The van der Waals surface area contributed by atoms with Crippen LogP contribution in [0.15, 0.2) is 91.0 Å². The monoisotopic (exact) mass is 376 g/mol. The van der Waals surface area contributed by atoms with Gasteiger partial charge >= 0.3 is 0 Å². The van der Waals surface area contributed by atoms with Gasteiger partial charge in [0.05, 0.1) is 13.2 Å². The molecule has 1 heterocycles. The van der Waals surface area contributed by atoms with Crippen LogP contribution < -0.4 is 0 Å². The Labute approximate surface area is 165 Å². The second kappa shape index (κ2) is 8.25. The lowest BCUT2D eigenvalue weighted by Gasteiger charge is -2.37. The van der Waals surface area contributed by atoms with Crippen molar-refractivity contribution in [2.75, 3.05) is 13.2 Å². The van der Waals surface area contributed by atoms with Crippen LogP contribution >= 0.6 is 0 Å². The zero-order chi connectivity index (χ0) is 19.4. The maximum atomic E-state index is 10.2. The molecule has 4 heteroatoms. The molecule has 1 fully saturated rings. The van der Waals surface area contributed by atoms with E-state index in [4.69, 9.17) is 9.47 Å². The van der Waals surface area contributed by atoms with Gasteiger partial charge in [-0.1, -0.05) is 91.0 Å². The maximum absolute atomic E-state index is 10.2. The Morgan fingerprint density at radius 2 is 1.18 bits per heavy atom. The lowest BCUT2D eigenvalue weighted by molar-refractivity contribution is -0.0725. The average Bonchev–Trinajstić information content (AvgIpc) is 3.09. The van der Waals surface area contributed by atoms with Gasteiger partial charge in [-0.05, 0) is 16.7 Å². The predicted molar refractivity (Wildman–Crippen MR) is 107 cm³/mol. The molecule has 1 aliphatic heterocycles. The molecule has 4 rings (SSSR count). The van der Waals surface area contributed by atoms with Crippen molar-refractivity contribution >= 4 is 0 Å². The number of benzene rings is 3. The van der Waals surface area contributed by atoms with Crippen LogP contribution in [-0.2, 0) is 15.1 Å². The molecule has 3 aromatic carbocycles. The van der Waals surface area contributed by atoms with Crippen molar-refractivity contribution in [3.8, 4) is 0 Å². The van der Waals surface area contributed by atoms with Crippen LogP contribution in [0.2, 0.25) is 0 Å². The summed E-state index contributed by atoms with van der Waals surface area (Å²) in [5, 5.41) is 20.0. The maximum Gasteiger partial charge on any atom is 0.143 e. The minimum absolute atomic E-state index is 0.115. The molecule has 1 saturated heterocycles. The first-order valence-electron chi connectivity index (χ1n) is 9.50. The molecule has 144 valence electrons. The van der Waals surface area contributed by atoms with Gasteiger partial charge in [0.15, 0.2) is 0 Å². The van der Waals surface area contributed by atoms with E-state index in [1.807, 2.05) is 91.0 Å². The Morgan fingerprint density at radius 3 is 1.54 bits per heavy atom. The van der Waals surface area contributed by atoms with E-state index in [1.54, 1.807) is 0 Å². The molecule has 0 aromatic heterocycles. The summed E-state index contributed by atoms with van der Waals surface area (Å²) in [6.45, 7) is 0.265. The fraction of sp³-hybridized carbons (Fsp3) is 0.250. The van der Waals surface area contributed by atoms with E-state index in [2.05, 4.69) is 0 Å². The highest BCUT2D eigenvalue weighted by atomic mass is 16.6. The summed E-state index contributed by atoms with van der Waals surface area (Å²) in [7, 11) is 0. The fourth-order valence-electron chi connectivity index (χ4n) is 3.79. The SMILES string of the molecule is OC1CO[C@H](COC(c2ccccc2)(c2ccccc2)c2ccccc2)C1O. The quantitative estimate of drug-likeness (QED) is 0.649. The van der Waals surface area contributed by atoms with Crippen molar-refractivity contribution in [2.45, 2.75) is 23.9 Å². The topological polar surface area (TPSA) is 58.9 Å². The van der Waals surface area contributed by atoms with Gasteiger partial charge in [0.1, 0.15) is 23.9 Å². The Balaban J connectivity index is 1.81. The average molecular weight is 376 g/mol. The molecule has 0 radical (unpaired) electrons. The van der Waals surface area contributed by atoms with Gasteiger partial charge in [0.2, 0.25) is 0 Å². The highest BCUT2D eigenvalue weighted by molar-refractivity contribution is 5.47. The summed E-state index contributed by atoms with van der Waals surface area (Å²) in [5.41, 5.74) is 2.10. The molecular weight excluding hydrogens is 352 g/mol. The van der Waals surface area contributed by atoms with Crippen molar-refractivity contribution in [2.24, 2.45) is 0 Å². The third-order valence-corrected chi connectivity index (χ3v) is 5.26. The van der Waals surface area contributed by atoms with Crippen molar-refractivity contribution in [3.63, 3.8) is 0 Å². The van der Waals surface area contributed by atoms with E-state index in [0.29, 0.717) is 0 Å². The summed E-state index contributed by atoms with van der Waals surface area (Å²) >= 11 is 0. The van der Waals surface area contributed by atoms with Crippen molar-refractivity contribution in [1.29, 1.82) is 0 Å². The Kier molecular flexibility index (Phi) is 5.55. The second-order valence-electron chi connectivity index (χ2n) is 7.02. The van der Waals surface area contributed by atoms with E-state index in [0.717, 1.165) is 16.7 Å². The van der Waals surface area contributed by atoms with Crippen molar-refractivity contribution < 1.29 is 19.7 Å². The predicted octanol–water partition coefficient (Wildman–Crippen LogP) is 3.12. The number of aliphatic hydroxyl groups is 2. The summed E-state index contributed by atoms with van der Waals surface area (Å²) in [5.74, 6) is 0. The number of aliphatic hydroxyl groups excluding tert-OH is 2. The highest BCUT2D eigenvalue weighted by Gasteiger charge is 2.41. The van der Waals surface area contributed by atoms with Gasteiger partial charge in [-0.2, -0.15) is 0 Å². The molecule has 0 bridgehead atoms. The van der Waals surface area contributed by atoms with Gasteiger partial charge in [0.25, 0.3) is 0 Å². The molecule has 2 unspecified atom stereocenters. The van der Waals surface area contributed by atoms with Gasteiger partial charge in [-0.15, -0.1) is 0 Å². The van der Waals surface area contributed by atoms with E-state index < -0.39 is 23.9 Å². The molecule has 3 aromatic rings. The molecule has 1 aliphatic rings. The number of ether oxygens (including phenoxy) is 2. The van der Waals surface area contributed by atoms with Gasteiger partial charge < -0.3 is 19.7 Å². The molecular formula is C24H24O4. The van der Waals surface area contributed by atoms with E-state index in [9.17, 15) is 10.2 Å². The second-order valence-corrected chi connectivity index (χ2v) is 7.02. The molecule has 0 aliphatic carbocycles. The van der Waals surface area contributed by atoms with Crippen LogP contribution in [0.3, 0.4) is 0 Å². The van der Waals surface area contributed by atoms with Crippen LogP contribution in [0.1, 0.15) is 16.7 Å². The smallest absolute Gasteiger partial charge is 0.143 e. The standard InChI is InChI=1S/C24H24O4/c25-21-16-27-22(23(21)26)17-28-24(18-10-4-1-5-11-18,19-12-6-2-7-13-19)20-14-8-3-9-15-20/h1-15,21-23,25-26H,16-17H2/t21?,22-,23?/m1/s1. The number of hydrogen-bond acceptors (Lipinski definition) is 4. The molecule has 3 atom stereocenters. The molecule has 4 nitrogen and oxygen atoms in total. The summed E-state index contributed by atoms with van der Waals surface area (Å²) < 4.78 is 12.1. The van der Waals surface area contributed by atoms with E-state index in [1.165, 1.54) is 0 Å². The van der Waals surface area contributed by atoms with Crippen LogP contribution in [0.4, 0.5) is 0 Å². The zero-order valence-electron chi connectivity index (χ0n) is 15.5. The molecule has 0 spiro atoms. The number of hydrogen-bond donors (Lipinski definition) is 2. The van der Waals surface area contributed by atoms with E-state index in [-0.39, 0.29) is 13.2 Å². The molecule has 0 amide bonds. The first-order valence-corrected chi connectivity index (χ1v) is 9.50. The third kappa shape index (κ3) is 3.48. The van der Waals surface area contributed by atoms with Crippen LogP contribution in [0.5, 0.6) is 0 Å². The molecule has 2 N–H and O–H groups in total. The summed E-state index contributed by atoms with van der Waals surface area (Å²) in [4.78, 5) is 0. The molecule has 0 saturated carbocycles. The lowest BCUT2D eigenvalue weighted by Crippen LogP contribution is -2.39. The first-order chi connectivity index (χ1) is 13.7. The fourth-order valence-corrected chi connectivity index (χ4v) is 3.79. The van der Waals surface area contributed by atoms with Crippen LogP contribution in [0, 0.1) is 0 Å².